The van der Waals surface area contributed by atoms with E-state index < -0.39 is 0 Å². The van der Waals surface area contributed by atoms with Crippen LogP contribution in [-0.2, 0) is 16.0 Å². The van der Waals surface area contributed by atoms with Gasteiger partial charge in [0.1, 0.15) is 5.75 Å². The summed E-state index contributed by atoms with van der Waals surface area (Å²) in [6.45, 7) is 2.33. The number of aromatic amines is 1. The van der Waals surface area contributed by atoms with Crippen molar-refractivity contribution in [3.63, 3.8) is 0 Å². The number of H-pyrrole nitrogens is 1. The Hall–Kier alpha value is -2.34. The predicted molar refractivity (Wildman–Crippen MR) is 99.1 cm³/mol. The Bertz CT molecular complexity index is 813. The fraction of sp³-hybridized carbons (Fsp3) is 0.500. The van der Waals surface area contributed by atoms with Gasteiger partial charge in [-0.25, -0.2) is 0 Å². The minimum absolute atomic E-state index is 0.0190. The first-order valence-corrected chi connectivity index (χ1v) is 9.37. The molecule has 0 bridgehead atoms. The lowest BCUT2D eigenvalue weighted by Gasteiger charge is -2.26. The third kappa shape index (κ3) is 3.21. The van der Waals surface area contributed by atoms with Crippen LogP contribution in [0.1, 0.15) is 31.2 Å². The first-order chi connectivity index (χ1) is 12.7. The van der Waals surface area contributed by atoms with Crippen molar-refractivity contribution in [3.05, 3.63) is 30.0 Å². The standard InChI is InChI=1S/C20H25N3O3/c1-26-16-4-5-18-17(12-16)14(13-21-18)11-15-3-2-8-22(15)9-10-23-19(24)6-7-20(23)25/h4-5,12-13,15,21H,2-3,6-11H2,1H3/t15-/m1/s1. The number of methoxy groups -OCH3 is 1. The van der Waals surface area contributed by atoms with E-state index in [1.807, 2.05) is 6.07 Å². The molecule has 1 atom stereocenters. The van der Waals surface area contributed by atoms with Gasteiger partial charge in [0.15, 0.2) is 0 Å². The van der Waals surface area contributed by atoms with E-state index in [-0.39, 0.29) is 11.8 Å². The molecule has 6 heteroatoms. The molecular formula is C20H25N3O3. The second-order valence-corrected chi connectivity index (χ2v) is 7.20. The van der Waals surface area contributed by atoms with E-state index in [0.717, 1.165) is 43.6 Å². The van der Waals surface area contributed by atoms with E-state index in [9.17, 15) is 9.59 Å². The highest BCUT2D eigenvalue weighted by molar-refractivity contribution is 6.01. The van der Waals surface area contributed by atoms with Crippen LogP contribution in [0.25, 0.3) is 10.9 Å². The van der Waals surface area contributed by atoms with Gasteiger partial charge >= 0.3 is 0 Å². The second-order valence-electron chi connectivity index (χ2n) is 7.20. The minimum atomic E-state index is -0.0190. The molecule has 2 aliphatic rings. The van der Waals surface area contributed by atoms with Crippen molar-refractivity contribution in [1.82, 2.24) is 14.8 Å². The largest absolute Gasteiger partial charge is 0.497 e. The smallest absolute Gasteiger partial charge is 0.229 e. The van der Waals surface area contributed by atoms with Crippen LogP contribution in [0.4, 0.5) is 0 Å². The Balaban J connectivity index is 1.44. The SMILES string of the molecule is COc1ccc2[nH]cc(C[C@H]3CCCN3CCN3C(=O)CCC3=O)c2c1. The third-order valence-electron chi connectivity index (χ3n) is 5.69. The van der Waals surface area contributed by atoms with Crippen LogP contribution < -0.4 is 4.74 Å². The lowest BCUT2D eigenvalue weighted by atomic mass is 10.0. The molecule has 2 fully saturated rings. The van der Waals surface area contributed by atoms with Crippen molar-refractivity contribution < 1.29 is 14.3 Å². The van der Waals surface area contributed by atoms with Crippen LogP contribution in [0.15, 0.2) is 24.4 Å². The molecule has 2 aliphatic heterocycles. The topological polar surface area (TPSA) is 65.6 Å². The summed E-state index contributed by atoms with van der Waals surface area (Å²) in [6, 6.07) is 6.55. The summed E-state index contributed by atoms with van der Waals surface area (Å²) in [4.78, 5) is 30.8. The molecule has 0 spiro atoms. The van der Waals surface area contributed by atoms with Crippen molar-refractivity contribution in [2.45, 2.75) is 38.1 Å². The maximum Gasteiger partial charge on any atom is 0.229 e. The van der Waals surface area contributed by atoms with Crippen LogP contribution >= 0.6 is 0 Å². The molecule has 1 aromatic heterocycles. The number of hydrogen-bond donors (Lipinski definition) is 1. The van der Waals surface area contributed by atoms with E-state index in [1.165, 1.54) is 15.8 Å². The number of likely N-dealkylation sites (tertiary alicyclic amines) is 2. The molecule has 2 amide bonds. The number of carbonyl (C=O) groups is 2. The highest BCUT2D eigenvalue weighted by Gasteiger charge is 2.31. The van der Waals surface area contributed by atoms with Crippen molar-refractivity contribution in [3.8, 4) is 5.75 Å². The number of rotatable bonds is 6. The van der Waals surface area contributed by atoms with Crippen molar-refractivity contribution in [2.75, 3.05) is 26.7 Å². The van der Waals surface area contributed by atoms with Gasteiger partial charge in [0.05, 0.1) is 7.11 Å². The Morgan fingerprint density at radius 2 is 2.00 bits per heavy atom. The predicted octanol–water partition coefficient (Wildman–Crippen LogP) is 2.33. The van der Waals surface area contributed by atoms with Gasteiger partial charge in [-0.15, -0.1) is 0 Å². The summed E-state index contributed by atoms with van der Waals surface area (Å²) < 4.78 is 5.36. The number of fused-ring (bicyclic) bond motifs is 1. The summed E-state index contributed by atoms with van der Waals surface area (Å²) in [5, 5.41) is 1.21. The van der Waals surface area contributed by atoms with Crippen molar-refractivity contribution in [1.29, 1.82) is 0 Å². The Morgan fingerprint density at radius 3 is 2.77 bits per heavy atom. The molecule has 0 unspecified atom stereocenters. The molecule has 2 aromatic rings. The van der Waals surface area contributed by atoms with Gasteiger partial charge in [-0.2, -0.15) is 0 Å². The van der Waals surface area contributed by atoms with Gasteiger partial charge in [0.2, 0.25) is 11.8 Å². The maximum atomic E-state index is 11.8. The summed E-state index contributed by atoms with van der Waals surface area (Å²) in [7, 11) is 1.69. The quantitative estimate of drug-likeness (QED) is 0.808. The zero-order chi connectivity index (χ0) is 18.1. The molecule has 6 nitrogen and oxygen atoms in total. The highest BCUT2D eigenvalue weighted by atomic mass is 16.5. The summed E-state index contributed by atoms with van der Waals surface area (Å²) in [6.07, 6.45) is 6.12. The maximum absolute atomic E-state index is 11.8. The molecule has 1 aromatic carbocycles. The van der Waals surface area contributed by atoms with Crippen LogP contribution in [-0.4, -0.2) is 59.4 Å². The van der Waals surface area contributed by atoms with Gasteiger partial charge in [0, 0.05) is 49.1 Å². The van der Waals surface area contributed by atoms with Crippen LogP contribution in [0.2, 0.25) is 0 Å². The van der Waals surface area contributed by atoms with Crippen LogP contribution in [0.5, 0.6) is 5.75 Å². The zero-order valence-electron chi connectivity index (χ0n) is 15.2. The van der Waals surface area contributed by atoms with Gasteiger partial charge < -0.3 is 9.72 Å². The molecule has 138 valence electrons. The number of nitrogens with zero attached hydrogens (tertiary/aromatic N) is 2. The first kappa shape index (κ1) is 17.1. The molecule has 0 radical (unpaired) electrons. The minimum Gasteiger partial charge on any atom is -0.497 e. The number of benzene rings is 1. The van der Waals surface area contributed by atoms with E-state index in [4.69, 9.17) is 4.74 Å². The number of carbonyl (C=O) groups excluding carboxylic acids is 2. The highest BCUT2D eigenvalue weighted by Crippen LogP contribution is 2.28. The molecule has 0 aliphatic carbocycles. The van der Waals surface area contributed by atoms with Crippen molar-refractivity contribution >= 4 is 22.7 Å². The fourth-order valence-corrected chi connectivity index (χ4v) is 4.23. The molecule has 26 heavy (non-hydrogen) atoms. The van der Waals surface area contributed by atoms with E-state index in [0.29, 0.717) is 25.4 Å². The Morgan fingerprint density at radius 1 is 1.19 bits per heavy atom. The molecule has 4 rings (SSSR count). The molecule has 1 N–H and O–H groups in total. The third-order valence-corrected chi connectivity index (χ3v) is 5.69. The van der Waals surface area contributed by atoms with Gasteiger partial charge in [-0.1, -0.05) is 0 Å². The number of imide groups is 1. The Kier molecular flexibility index (Phi) is 4.68. The van der Waals surface area contributed by atoms with Gasteiger partial charge in [-0.05, 0) is 49.6 Å². The summed E-state index contributed by atoms with van der Waals surface area (Å²) in [5.74, 6) is 0.830. The lowest BCUT2D eigenvalue weighted by molar-refractivity contribution is -0.138. The second kappa shape index (κ2) is 7.11. The molecule has 2 saturated heterocycles. The zero-order valence-corrected chi connectivity index (χ0v) is 15.2. The number of nitrogens with one attached hydrogen (secondary N) is 1. The monoisotopic (exact) mass is 355 g/mol. The summed E-state index contributed by atoms with van der Waals surface area (Å²) in [5.41, 5.74) is 2.42. The van der Waals surface area contributed by atoms with Gasteiger partial charge in [-0.3, -0.25) is 19.4 Å². The average molecular weight is 355 g/mol. The molecular weight excluding hydrogens is 330 g/mol. The van der Waals surface area contributed by atoms with E-state index >= 15 is 0 Å². The van der Waals surface area contributed by atoms with Crippen LogP contribution in [0.3, 0.4) is 0 Å². The molecule has 3 heterocycles. The summed E-state index contributed by atoms with van der Waals surface area (Å²) >= 11 is 0. The first-order valence-electron chi connectivity index (χ1n) is 9.37. The van der Waals surface area contributed by atoms with Crippen LogP contribution in [0, 0.1) is 0 Å². The fourth-order valence-electron chi connectivity index (χ4n) is 4.23. The number of hydrogen-bond acceptors (Lipinski definition) is 4. The number of aromatic nitrogens is 1. The number of ether oxygens (including phenoxy) is 1. The van der Waals surface area contributed by atoms with E-state index in [2.05, 4.69) is 28.2 Å². The molecule has 0 saturated carbocycles. The van der Waals surface area contributed by atoms with Gasteiger partial charge in [0.25, 0.3) is 0 Å². The Labute approximate surface area is 153 Å². The number of amides is 2. The normalized spacial score (nSPS) is 21.3. The van der Waals surface area contributed by atoms with Crippen molar-refractivity contribution in [2.24, 2.45) is 0 Å². The van der Waals surface area contributed by atoms with E-state index in [1.54, 1.807) is 7.11 Å². The average Bonchev–Trinajstić information content (AvgIpc) is 3.34. The lowest BCUT2D eigenvalue weighted by Crippen LogP contribution is -2.40.